The molecule has 0 unspecified atom stereocenters. The highest BCUT2D eigenvalue weighted by Gasteiger charge is 1.80. The zero-order chi connectivity index (χ0) is 4.28. The number of halogens is 1. The summed E-state index contributed by atoms with van der Waals surface area (Å²) in [6.07, 6.45) is 0.222. The third-order valence-electron chi connectivity index (χ3n) is 0.302. The fraction of sp³-hybridized carbons (Fsp3) is 0.667. The van der Waals surface area contributed by atoms with Gasteiger partial charge < -0.3 is 5.11 Å². The summed E-state index contributed by atoms with van der Waals surface area (Å²) in [4.78, 5) is 9.37. The van der Waals surface area contributed by atoms with E-state index in [0.717, 1.165) is 0 Å². The molecule has 2 nitrogen and oxygen atoms in total. The highest BCUT2D eigenvalue weighted by Crippen LogP contribution is 1.67. The van der Waals surface area contributed by atoms with Gasteiger partial charge in [-0.1, -0.05) is 6.92 Å². The Labute approximate surface area is 57.4 Å². The molecule has 0 fully saturated rings. The van der Waals surface area contributed by atoms with Crippen LogP contribution in [0.5, 0.6) is 0 Å². The summed E-state index contributed by atoms with van der Waals surface area (Å²) in [6, 6.07) is 0. The second kappa shape index (κ2) is 9.48. The van der Waals surface area contributed by atoms with Crippen molar-refractivity contribution in [2.45, 2.75) is 13.3 Å². The van der Waals surface area contributed by atoms with Crippen LogP contribution in [0.1, 0.15) is 13.3 Å². The van der Waals surface area contributed by atoms with E-state index in [2.05, 4.69) is 0 Å². The second-order valence-electron chi connectivity index (χ2n) is 0.747. The van der Waals surface area contributed by atoms with Crippen molar-refractivity contribution in [3.63, 3.8) is 0 Å². The molecule has 0 aromatic heterocycles. The predicted molar refractivity (Wildman–Crippen MR) is 29.0 cm³/mol. The van der Waals surface area contributed by atoms with Gasteiger partial charge in [-0.2, -0.15) is 0 Å². The Morgan fingerprint density at radius 1 is 1.71 bits per heavy atom. The van der Waals surface area contributed by atoms with Crippen LogP contribution in [0.3, 0.4) is 0 Å². The molecule has 0 saturated heterocycles. The number of carbonyl (C=O) groups is 1. The number of carboxylic acid groups (broad SMARTS) is 1. The van der Waals surface area contributed by atoms with Gasteiger partial charge in [-0.05, 0) is 0 Å². The summed E-state index contributed by atoms with van der Waals surface area (Å²) in [7, 11) is 0. The van der Waals surface area contributed by atoms with Crippen LogP contribution in [0.2, 0.25) is 0 Å². The lowest BCUT2D eigenvalue weighted by atomic mass is 10.5. The van der Waals surface area contributed by atoms with Crippen LogP contribution in [-0.4, -0.2) is 34.1 Å². The smallest absolute Gasteiger partial charge is 0.316 e. The van der Waals surface area contributed by atoms with Gasteiger partial charge in [-0.25, -0.2) is 0 Å². The van der Waals surface area contributed by atoms with Crippen molar-refractivity contribution in [1.82, 2.24) is 0 Å². The van der Waals surface area contributed by atoms with Gasteiger partial charge in [0.05, 0.1) is 0 Å². The van der Waals surface area contributed by atoms with Gasteiger partial charge in [-0.15, -0.1) is 0 Å². The summed E-state index contributed by atoms with van der Waals surface area (Å²) >= 11 is 0. The lowest BCUT2D eigenvalue weighted by Crippen LogP contribution is -1.86. The van der Waals surface area contributed by atoms with Crippen LogP contribution in [-0.2, 0) is 4.79 Å². The zero-order valence-corrected chi connectivity index (χ0v) is 3.47. The lowest BCUT2D eigenvalue weighted by molar-refractivity contribution is -0.136. The molecule has 42 valence electrons. The Balaban J connectivity index is -0.0000000800. The van der Waals surface area contributed by atoms with Crippen LogP contribution >= 0.6 is 0 Å². The van der Waals surface area contributed by atoms with Crippen LogP contribution in [0.25, 0.3) is 0 Å². The van der Waals surface area contributed by atoms with Gasteiger partial charge in [0.25, 0.3) is 0 Å². The summed E-state index contributed by atoms with van der Waals surface area (Å²) in [6.45, 7) is 1.60. The average Bonchev–Trinajstić information content (AvgIpc) is 1.38. The molecule has 0 aliphatic carbocycles. The molecule has 0 saturated carbocycles. The zero-order valence-electron chi connectivity index (χ0n) is 3.47. The number of rotatable bonds is 1. The van der Waals surface area contributed by atoms with E-state index in [-0.39, 0.29) is 34.2 Å². The van der Waals surface area contributed by atoms with E-state index in [1.807, 2.05) is 0 Å². The van der Waals surface area contributed by atoms with Gasteiger partial charge in [0, 0.05) is 6.42 Å². The first kappa shape index (κ1) is 15.7. The van der Waals surface area contributed by atoms with E-state index in [4.69, 9.17) is 5.11 Å². The standard InChI is InChI=1S/C3H6O2.FH.Mg.2H/c1-2-3(4)5;;;;/h2H2,1H3,(H,4,5);1H;;;. The summed E-state index contributed by atoms with van der Waals surface area (Å²) < 4.78 is 0. The highest BCUT2D eigenvalue weighted by atomic mass is 24.3. The van der Waals surface area contributed by atoms with Crippen molar-refractivity contribution >= 4 is 29.0 Å². The Morgan fingerprint density at radius 2 is 1.86 bits per heavy atom. The van der Waals surface area contributed by atoms with Crippen molar-refractivity contribution in [2.24, 2.45) is 0 Å². The van der Waals surface area contributed by atoms with Gasteiger partial charge >= 0.3 is 29.0 Å². The largest absolute Gasteiger partial charge is 0.481 e. The summed E-state index contributed by atoms with van der Waals surface area (Å²) in [5, 5.41) is 7.72. The van der Waals surface area contributed by atoms with Crippen LogP contribution in [0, 0.1) is 0 Å². The van der Waals surface area contributed by atoms with E-state index >= 15 is 0 Å². The maximum absolute atomic E-state index is 9.37. The molecule has 0 aromatic carbocycles. The third kappa shape index (κ3) is 22.8. The molecule has 0 aromatic rings. The molecule has 0 rings (SSSR count). The van der Waals surface area contributed by atoms with Crippen LogP contribution in [0.15, 0.2) is 0 Å². The van der Waals surface area contributed by atoms with Gasteiger partial charge in [0.1, 0.15) is 0 Å². The monoisotopic (exact) mass is 120 g/mol. The van der Waals surface area contributed by atoms with Crippen molar-refractivity contribution in [3.8, 4) is 0 Å². The first-order valence-corrected chi connectivity index (χ1v) is 1.49. The molecule has 0 aliphatic rings. The first-order valence-electron chi connectivity index (χ1n) is 1.49. The van der Waals surface area contributed by atoms with Crippen LogP contribution < -0.4 is 0 Å². The maximum atomic E-state index is 9.37. The van der Waals surface area contributed by atoms with Crippen molar-refractivity contribution in [1.29, 1.82) is 0 Å². The minimum absolute atomic E-state index is 0. The van der Waals surface area contributed by atoms with E-state index in [0.29, 0.717) is 0 Å². The lowest BCUT2D eigenvalue weighted by Gasteiger charge is -1.71. The molecule has 0 heterocycles. The molecule has 7 heavy (non-hydrogen) atoms. The Kier molecular flexibility index (Phi) is 21.3. The molecule has 0 radical (unpaired) electrons. The number of hydrogen-bond acceptors (Lipinski definition) is 1. The number of carboxylic acids is 1. The molecule has 4 heteroatoms. The number of aliphatic carboxylic acids is 1. The molecule has 1 N–H and O–H groups in total. The fourth-order valence-corrected chi connectivity index (χ4v) is 0. The van der Waals surface area contributed by atoms with E-state index < -0.39 is 5.97 Å². The Morgan fingerprint density at radius 3 is 1.86 bits per heavy atom. The second-order valence-corrected chi connectivity index (χ2v) is 0.747. The molecule has 0 spiro atoms. The topological polar surface area (TPSA) is 37.3 Å². The molecular formula is C3H9FMgO2. The van der Waals surface area contributed by atoms with E-state index in [1.165, 1.54) is 0 Å². The minimum Gasteiger partial charge on any atom is -0.481 e. The van der Waals surface area contributed by atoms with Crippen molar-refractivity contribution < 1.29 is 14.6 Å². The maximum Gasteiger partial charge on any atom is 0.316 e. The number of hydrogen-bond donors (Lipinski definition) is 1. The fourth-order valence-electron chi connectivity index (χ4n) is 0. The third-order valence-corrected chi connectivity index (χ3v) is 0.302. The SMILES string of the molecule is CCC(=O)O.F.[MgH2]. The molecular weight excluding hydrogens is 111 g/mol. The van der Waals surface area contributed by atoms with Crippen molar-refractivity contribution in [2.75, 3.05) is 0 Å². The van der Waals surface area contributed by atoms with Crippen molar-refractivity contribution in [3.05, 3.63) is 0 Å². The van der Waals surface area contributed by atoms with Gasteiger partial charge in [-0.3, -0.25) is 9.50 Å². The van der Waals surface area contributed by atoms with E-state index in [9.17, 15) is 4.79 Å². The van der Waals surface area contributed by atoms with E-state index in [1.54, 1.807) is 6.92 Å². The molecule has 0 amide bonds. The Bertz CT molecular complexity index is 48.2. The molecule has 0 aliphatic heterocycles. The average molecular weight is 120 g/mol. The quantitative estimate of drug-likeness (QED) is 0.483. The summed E-state index contributed by atoms with van der Waals surface area (Å²) in [5.41, 5.74) is 0. The normalized spacial score (nSPS) is 5.29. The van der Waals surface area contributed by atoms with Crippen LogP contribution in [0.4, 0.5) is 4.70 Å². The minimum atomic E-state index is -0.745. The first-order chi connectivity index (χ1) is 2.27. The predicted octanol–water partition coefficient (Wildman–Crippen LogP) is -0.283. The molecule has 0 bridgehead atoms. The molecule has 0 atom stereocenters. The summed E-state index contributed by atoms with van der Waals surface area (Å²) in [5.74, 6) is -0.745. The van der Waals surface area contributed by atoms with Gasteiger partial charge in [0.15, 0.2) is 0 Å². The Hall–Kier alpha value is 0.166. The highest BCUT2D eigenvalue weighted by molar-refractivity contribution is 5.75. The van der Waals surface area contributed by atoms with Gasteiger partial charge in [0.2, 0.25) is 0 Å².